The van der Waals surface area contributed by atoms with Gasteiger partial charge in [-0.3, -0.25) is 9.59 Å². The lowest BCUT2D eigenvalue weighted by atomic mass is 10.3. The van der Waals surface area contributed by atoms with Gasteiger partial charge in [0.15, 0.2) is 4.33 Å². The Kier molecular flexibility index (Phi) is 4.81. The molecule has 2 atom stereocenters. The van der Waals surface area contributed by atoms with Crippen molar-refractivity contribution in [2.75, 3.05) is 0 Å². The maximum Gasteiger partial charge on any atom is 0.313 e. The minimum atomic E-state index is -1.32. The minimum absolute atomic E-state index is 0.250. The number of carboxylic acids is 1. The monoisotopic (exact) mass is 292 g/mol. The van der Waals surface area contributed by atoms with Crippen LogP contribution in [0.3, 0.4) is 0 Å². The molecule has 98 valence electrons. The summed E-state index contributed by atoms with van der Waals surface area (Å²) in [5, 5.41) is 15.7. The largest absolute Gasteiger partial charge is 0.486 e. The maximum atomic E-state index is 10.7. The first kappa shape index (κ1) is 14.6. The van der Waals surface area contributed by atoms with E-state index in [4.69, 9.17) is 42.9 Å². The van der Waals surface area contributed by atoms with Gasteiger partial charge in [-0.1, -0.05) is 41.4 Å². The maximum absolute atomic E-state index is 10.7. The molecule has 1 aliphatic carbocycles. The fourth-order valence-electron chi connectivity index (χ4n) is 1.39. The van der Waals surface area contributed by atoms with Gasteiger partial charge in [0, 0.05) is 0 Å². The lowest BCUT2D eigenvalue weighted by Gasteiger charge is -2.04. The third-order valence-electron chi connectivity index (χ3n) is 2.26. The van der Waals surface area contributed by atoms with Crippen LogP contribution in [0.2, 0.25) is 0 Å². The number of hydrogen-bond acceptors (Lipinski definition) is 3. The van der Waals surface area contributed by atoms with Gasteiger partial charge in [0.2, 0.25) is 0 Å². The van der Waals surface area contributed by atoms with E-state index in [0.717, 1.165) is 0 Å². The van der Waals surface area contributed by atoms with E-state index >= 15 is 0 Å². The molecule has 5 nitrogen and oxygen atoms in total. The molecule has 0 amide bonds. The number of carbonyl (C=O) groups is 2. The molecule has 1 fully saturated rings. The molecule has 2 N–H and O–H groups in total. The molecule has 1 aliphatic rings. The van der Waals surface area contributed by atoms with E-state index in [2.05, 4.69) is 0 Å². The lowest BCUT2D eigenvalue weighted by molar-refractivity contribution is -0.139. The molecule has 0 aromatic heterocycles. The van der Waals surface area contributed by atoms with Crippen molar-refractivity contribution >= 4 is 35.6 Å². The molecule has 0 spiro atoms. The second-order valence-electron chi connectivity index (χ2n) is 3.45. The molecule has 1 aromatic carbocycles. The number of aliphatic carboxylic acids is 1. The van der Waals surface area contributed by atoms with Crippen LogP contribution < -0.4 is 4.74 Å². The van der Waals surface area contributed by atoms with Gasteiger partial charge < -0.3 is 14.9 Å². The molecule has 2 unspecified atom stereocenters. The number of hydrogen-bond donors (Lipinski definition) is 2. The van der Waals surface area contributed by atoms with Gasteiger partial charge in [-0.2, -0.15) is 0 Å². The van der Waals surface area contributed by atoms with Gasteiger partial charge in [-0.25, -0.2) is 0 Å². The second kappa shape index (κ2) is 5.93. The van der Waals surface area contributed by atoms with Crippen LogP contribution in [0.1, 0.15) is 0 Å². The van der Waals surface area contributed by atoms with Crippen molar-refractivity contribution in [3.05, 3.63) is 30.3 Å². The average Bonchev–Trinajstić information content (AvgIpc) is 2.83. The Hall–Kier alpha value is -1.46. The van der Waals surface area contributed by atoms with E-state index in [9.17, 15) is 4.79 Å². The van der Waals surface area contributed by atoms with Gasteiger partial charge in [0.1, 0.15) is 17.8 Å². The Morgan fingerprint density at radius 2 is 1.83 bits per heavy atom. The van der Waals surface area contributed by atoms with Crippen LogP contribution in [-0.4, -0.2) is 33.1 Å². The van der Waals surface area contributed by atoms with Crippen molar-refractivity contribution < 1.29 is 24.5 Å². The summed E-state index contributed by atoms with van der Waals surface area (Å²) in [4.78, 5) is 19.1. The number of ether oxygens (including phenoxy) is 1. The number of halogens is 2. The number of benzene rings is 1. The standard InChI is InChI=1S/C10H8Cl2O3.CH2O2/c11-10(12)7(9(13)14)8(10)15-6-4-2-1-3-5-6;2-1-3/h1-5,7-8H,(H,13,14);1H,(H,2,3). The Morgan fingerprint density at radius 3 is 2.22 bits per heavy atom. The quantitative estimate of drug-likeness (QED) is 0.658. The van der Waals surface area contributed by atoms with E-state index in [1.54, 1.807) is 24.3 Å². The summed E-state index contributed by atoms with van der Waals surface area (Å²) in [5.74, 6) is -1.33. The van der Waals surface area contributed by atoms with Crippen molar-refractivity contribution in [1.29, 1.82) is 0 Å². The van der Waals surface area contributed by atoms with Crippen LogP contribution in [0.25, 0.3) is 0 Å². The Bertz CT molecular complexity index is 421. The first-order valence-electron chi connectivity index (χ1n) is 4.85. The molecule has 0 heterocycles. The van der Waals surface area contributed by atoms with Crippen molar-refractivity contribution in [2.24, 2.45) is 5.92 Å². The Balaban J connectivity index is 0.000000492. The van der Waals surface area contributed by atoms with E-state index in [0.29, 0.717) is 5.75 Å². The van der Waals surface area contributed by atoms with Crippen LogP contribution in [0.4, 0.5) is 0 Å². The summed E-state index contributed by atoms with van der Waals surface area (Å²) in [6.07, 6.45) is -0.680. The molecule has 0 saturated heterocycles. The van der Waals surface area contributed by atoms with Crippen molar-refractivity contribution in [2.45, 2.75) is 10.4 Å². The molecule has 0 radical (unpaired) electrons. The van der Waals surface area contributed by atoms with Crippen LogP contribution in [0.5, 0.6) is 5.75 Å². The zero-order chi connectivity index (χ0) is 13.8. The van der Waals surface area contributed by atoms with Crippen LogP contribution in [0.15, 0.2) is 30.3 Å². The third kappa shape index (κ3) is 3.27. The van der Waals surface area contributed by atoms with Gasteiger partial charge in [-0.05, 0) is 12.1 Å². The molecule has 0 aliphatic heterocycles. The lowest BCUT2D eigenvalue weighted by Crippen LogP contribution is -2.07. The number of alkyl halides is 2. The van der Waals surface area contributed by atoms with E-state index in [-0.39, 0.29) is 6.47 Å². The first-order valence-corrected chi connectivity index (χ1v) is 5.61. The predicted octanol–water partition coefficient (Wildman–Crippen LogP) is 2.02. The smallest absolute Gasteiger partial charge is 0.313 e. The molecule has 2 rings (SSSR count). The average molecular weight is 293 g/mol. The summed E-state index contributed by atoms with van der Waals surface area (Å²) in [5.41, 5.74) is 0. The van der Waals surface area contributed by atoms with Crippen LogP contribution >= 0.6 is 23.2 Å². The van der Waals surface area contributed by atoms with Crippen molar-refractivity contribution in [3.8, 4) is 5.75 Å². The topological polar surface area (TPSA) is 83.8 Å². The fraction of sp³-hybridized carbons (Fsp3) is 0.273. The molecule has 7 heteroatoms. The van der Waals surface area contributed by atoms with Gasteiger partial charge >= 0.3 is 5.97 Å². The zero-order valence-corrected chi connectivity index (χ0v) is 10.5. The van der Waals surface area contributed by atoms with Gasteiger partial charge in [0.05, 0.1) is 0 Å². The highest BCUT2D eigenvalue weighted by Gasteiger charge is 2.70. The van der Waals surface area contributed by atoms with Gasteiger partial charge in [-0.15, -0.1) is 0 Å². The third-order valence-corrected chi connectivity index (χ3v) is 3.16. The summed E-state index contributed by atoms with van der Waals surface area (Å²) in [6, 6.07) is 8.86. The van der Waals surface area contributed by atoms with E-state index < -0.39 is 22.3 Å². The van der Waals surface area contributed by atoms with Crippen molar-refractivity contribution in [3.63, 3.8) is 0 Å². The zero-order valence-electron chi connectivity index (χ0n) is 8.99. The molecule has 18 heavy (non-hydrogen) atoms. The number of carboxylic acid groups (broad SMARTS) is 2. The number of rotatable bonds is 3. The van der Waals surface area contributed by atoms with Crippen molar-refractivity contribution in [1.82, 2.24) is 0 Å². The van der Waals surface area contributed by atoms with E-state index in [1.807, 2.05) is 6.07 Å². The van der Waals surface area contributed by atoms with Crippen LogP contribution in [-0.2, 0) is 9.59 Å². The molecular weight excluding hydrogens is 283 g/mol. The van der Waals surface area contributed by atoms with Gasteiger partial charge in [0.25, 0.3) is 6.47 Å². The molecule has 0 bridgehead atoms. The SMILES string of the molecule is O=C(O)C1C(Oc2ccccc2)C1(Cl)Cl.O=CO. The molecule has 1 aromatic rings. The summed E-state index contributed by atoms with van der Waals surface area (Å²) < 4.78 is 4.05. The molecular formula is C11H10Cl2O5. The highest BCUT2D eigenvalue weighted by Crippen LogP contribution is 2.55. The van der Waals surface area contributed by atoms with E-state index in [1.165, 1.54) is 0 Å². The molecule has 1 saturated carbocycles. The predicted molar refractivity (Wildman–Crippen MR) is 65.1 cm³/mol. The normalized spacial score (nSPS) is 23.2. The second-order valence-corrected chi connectivity index (χ2v) is 4.89. The summed E-state index contributed by atoms with van der Waals surface area (Å²) in [6.45, 7) is -0.250. The van der Waals surface area contributed by atoms with Crippen LogP contribution in [0, 0.1) is 5.92 Å². The Morgan fingerprint density at radius 1 is 1.33 bits per heavy atom. The minimum Gasteiger partial charge on any atom is -0.486 e. The first-order chi connectivity index (χ1) is 8.45. The highest BCUT2D eigenvalue weighted by atomic mass is 35.5. The highest BCUT2D eigenvalue weighted by molar-refractivity contribution is 6.53. The number of para-hydroxylation sites is 1. The summed E-state index contributed by atoms with van der Waals surface area (Å²) in [7, 11) is 0. The Labute approximate surface area is 113 Å². The fourth-order valence-corrected chi connectivity index (χ4v) is 2.02. The summed E-state index contributed by atoms with van der Waals surface area (Å²) >= 11 is 11.6.